The molecule has 0 saturated carbocycles. The Morgan fingerprint density at radius 2 is 1.46 bits per heavy atom. The quantitative estimate of drug-likeness (QED) is 0.205. The Kier molecular flexibility index (Phi) is 9.21. The van der Waals surface area contributed by atoms with Gasteiger partial charge in [-0.15, -0.1) is 6.58 Å². The lowest BCUT2D eigenvalue weighted by Crippen LogP contribution is -2.44. The van der Waals surface area contributed by atoms with Crippen molar-refractivity contribution in [1.29, 1.82) is 0 Å². The van der Waals surface area contributed by atoms with Gasteiger partial charge in [-0.3, -0.25) is 9.59 Å². The molecule has 250 valence electrons. The fourth-order valence-corrected chi connectivity index (χ4v) is 7.70. The van der Waals surface area contributed by atoms with Gasteiger partial charge in [-0.1, -0.05) is 82.3 Å². The standard InChI is InChI=1S/C42H46FNO4/c1-7-13-29-19-30(20-36(47-8-2)40(29)48-26-28-16-12-17-31(43)18-28)37-38-32(21-41(3,4)23-34(38)45)44(25-27-14-10-9-11-15-27)33-22-42(5,6)24-35(46)39(33)37/h7,9-12,14-20,37H,1,8,13,21-26H2,2-6H3. The van der Waals surface area contributed by atoms with Crippen LogP contribution in [0.5, 0.6) is 11.5 Å². The van der Waals surface area contributed by atoms with Crippen LogP contribution in [0.1, 0.15) is 88.5 Å². The number of Topliss-reactive ketones (excluding diaryl/α,β-unsaturated/α-hetero) is 2. The molecule has 0 amide bonds. The largest absolute Gasteiger partial charge is 0.490 e. The average molecular weight is 648 g/mol. The van der Waals surface area contributed by atoms with Gasteiger partial charge in [0, 0.05) is 53.4 Å². The summed E-state index contributed by atoms with van der Waals surface area (Å²) < 4.78 is 26.5. The van der Waals surface area contributed by atoms with Crippen molar-refractivity contribution in [2.75, 3.05) is 6.61 Å². The van der Waals surface area contributed by atoms with Crippen LogP contribution in [-0.4, -0.2) is 23.1 Å². The second-order valence-electron chi connectivity index (χ2n) is 15.0. The molecule has 1 aliphatic heterocycles. The molecule has 0 atom stereocenters. The minimum Gasteiger partial charge on any atom is -0.490 e. The summed E-state index contributed by atoms with van der Waals surface area (Å²) in [4.78, 5) is 31.1. The Balaban J connectivity index is 1.55. The Bertz CT molecular complexity index is 1760. The van der Waals surface area contributed by atoms with E-state index < -0.39 is 5.92 Å². The molecule has 6 rings (SSSR count). The molecule has 0 radical (unpaired) electrons. The number of hydrogen-bond acceptors (Lipinski definition) is 5. The van der Waals surface area contributed by atoms with Gasteiger partial charge in [0.05, 0.1) is 6.61 Å². The molecule has 3 aliphatic rings. The van der Waals surface area contributed by atoms with E-state index in [2.05, 4.69) is 57.4 Å². The zero-order valence-corrected chi connectivity index (χ0v) is 28.8. The number of carbonyl (C=O) groups excluding carboxylic acids is 2. The zero-order chi connectivity index (χ0) is 34.2. The van der Waals surface area contributed by atoms with Crippen molar-refractivity contribution in [3.8, 4) is 11.5 Å². The van der Waals surface area contributed by atoms with E-state index in [-0.39, 0.29) is 34.8 Å². The first-order valence-corrected chi connectivity index (χ1v) is 17.0. The highest BCUT2D eigenvalue weighted by molar-refractivity contribution is 6.07. The van der Waals surface area contributed by atoms with Crippen LogP contribution in [0.25, 0.3) is 0 Å². The summed E-state index contributed by atoms with van der Waals surface area (Å²) in [5.41, 5.74) is 6.55. The molecule has 3 aromatic rings. The minimum absolute atomic E-state index is 0.0863. The van der Waals surface area contributed by atoms with E-state index in [9.17, 15) is 14.0 Å². The lowest BCUT2D eigenvalue weighted by molar-refractivity contribution is -0.119. The Hall–Kier alpha value is -4.45. The molecule has 0 bridgehead atoms. The molecule has 0 N–H and O–H groups in total. The fraction of sp³-hybridized carbons (Fsp3) is 0.381. The second-order valence-corrected chi connectivity index (χ2v) is 15.0. The van der Waals surface area contributed by atoms with Crippen molar-refractivity contribution in [3.05, 3.63) is 130 Å². The van der Waals surface area contributed by atoms with Gasteiger partial charge >= 0.3 is 0 Å². The third kappa shape index (κ3) is 6.76. The van der Waals surface area contributed by atoms with E-state index in [1.807, 2.05) is 43.3 Å². The van der Waals surface area contributed by atoms with E-state index in [1.54, 1.807) is 6.07 Å². The highest BCUT2D eigenvalue weighted by Crippen LogP contribution is 2.55. The topological polar surface area (TPSA) is 55.8 Å². The number of allylic oxidation sites excluding steroid dienone is 5. The highest BCUT2D eigenvalue weighted by atomic mass is 19.1. The molecule has 2 aliphatic carbocycles. The van der Waals surface area contributed by atoms with Gasteiger partial charge < -0.3 is 14.4 Å². The molecular formula is C42H46FNO4. The predicted molar refractivity (Wildman–Crippen MR) is 187 cm³/mol. The molecule has 0 fully saturated rings. The smallest absolute Gasteiger partial charge is 0.165 e. The molecule has 1 heterocycles. The summed E-state index contributed by atoms with van der Waals surface area (Å²) in [6.07, 6.45) is 4.58. The number of nitrogens with zero attached hydrogens (tertiary/aromatic N) is 1. The average Bonchev–Trinajstić information content (AvgIpc) is 3.01. The zero-order valence-electron chi connectivity index (χ0n) is 28.8. The fourth-order valence-electron chi connectivity index (χ4n) is 7.70. The van der Waals surface area contributed by atoms with Crippen molar-refractivity contribution in [3.63, 3.8) is 0 Å². The molecule has 0 aromatic heterocycles. The minimum atomic E-state index is -0.519. The lowest BCUT2D eigenvalue weighted by Gasteiger charge is -2.49. The van der Waals surface area contributed by atoms with Gasteiger partial charge in [-0.05, 0) is 71.9 Å². The lowest BCUT2D eigenvalue weighted by atomic mass is 9.63. The summed E-state index contributed by atoms with van der Waals surface area (Å²) in [5.74, 6) is 0.420. The van der Waals surface area contributed by atoms with E-state index in [0.717, 1.165) is 52.1 Å². The monoisotopic (exact) mass is 647 g/mol. The maximum Gasteiger partial charge on any atom is 0.165 e. The third-order valence-electron chi connectivity index (χ3n) is 9.63. The maximum atomic E-state index is 14.4. The molecule has 5 nitrogen and oxygen atoms in total. The summed E-state index contributed by atoms with van der Waals surface area (Å²) in [6, 6.07) is 20.6. The highest BCUT2D eigenvalue weighted by Gasteiger charge is 2.49. The number of ketones is 2. The van der Waals surface area contributed by atoms with Gasteiger partial charge in [-0.25, -0.2) is 4.39 Å². The first-order valence-electron chi connectivity index (χ1n) is 17.0. The third-order valence-corrected chi connectivity index (χ3v) is 9.63. The summed E-state index contributed by atoms with van der Waals surface area (Å²) in [6.45, 7) is 15.7. The number of benzene rings is 3. The van der Waals surface area contributed by atoms with Gasteiger partial charge in [-0.2, -0.15) is 0 Å². The number of halogens is 1. The van der Waals surface area contributed by atoms with E-state index in [1.165, 1.54) is 12.1 Å². The number of rotatable bonds is 10. The van der Waals surface area contributed by atoms with Crippen molar-refractivity contribution in [2.45, 2.75) is 85.8 Å². The van der Waals surface area contributed by atoms with Crippen molar-refractivity contribution in [2.24, 2.45) is 10.8 Å². The SMILES string of the molecule is C=CCc1cc(C2C3=C(CC(C)(C)CC3=O)N(Cc3ccccc3)C3=C2C(=O)CC(C)(C)C3)cc(OCC)c1OCc1cccc(F)c1. The summed E-state index contributed by atoms with van der Waals surface area (Å²) in [7, 11) is 0. The normalized spacial score (nSPS) is 18.8. The predicted octanol–water partition coefficient (Wildman–Crippen LogP) is 9.42. The van der Waals surface area contributed by atoms with Crippen LogP contribution in [0.3, 0.4) is 0 Å². The van der Waals surface area contributed by atoms with Crippen LogP contribution in [0.4, 0.5) is 4.39 Å². The van der Waals surface area contributed by atoms with Crippen molar-refractivity contribution in [1.82, 2.24) is 4.90 Å². The van der Waals surface area contributed by atoms with Gasteiger partial charge in [0.15, 0.2) is 23.1 Å². The van der Waals surface area contributed by atoms with Gasteiger partial charge in [0.2, 0.25) is 0 Å². The first kappa shape index (κ1) is 33.5. The van der Waals surface area contributed by atoms with Crippen LogP contribution in [-0.2, 0) is 29.2 Å². The van der Waals surface area contributed by atoms with Crippen molar-refractivity contribution < 1.29 is 23.5 Å². The van der Waals surface area contributed by atoms with Crippen LogP contribution >= 0.6 is 0 Å². The van der Waals surface area contributed by atoms with Crippen LogP contribution < -0.4 is 9.47 Å². The molecule has 0 spiro atoms. The molecule has 0 unspecified atom stereocenters. The number of hydrogen-bond donors (Lipinski definition) is 0. The summed E-state index contributed by atoms with van der Waals surface area (Å²) in [5, 5.41) is 0. The maximum absolute atomic E-state index is 14.4. The van der Waals surface area contributed by atoms with E-state index >= 15 is 0 Å². The number of carbonyl (C=O) groups is 2. The van der Waals surface area contributed by atoms with Crippen LogP contribution in [0.2, 0.25) is 0 Å². The first-order chi connectivity index (χ1) is 22.9. The van der Waals surface area contributed by atoms with Crippen LogP contribution in [0, 0.1) is 16.6 Å². The van der Waals surface area contributed by atoms with Crippen LogP contribution in [0.15, 0.2) is 102 Å². The molecule has 0 saturated heterocycles. The molecule has 3 aromatic carbocycles. The van der Waals surface area contributed by atoms with Gasteiger partial charge in [0.1, 0.15) is 12.4 Å². The van der Waals surface area contributed by atoms with E-state index in [4.69, 9.17) is 9.47 Å². The second kappa shape index (κ2) is 13.2. The van der Waals surface area contributed by atoms with E-state index in [0.29, 0.717) is 49.5 Å². The van der Waals surface area contributed by atoms with Gasteiger partial charge in [0.25, 0.3) is 0 Å². The summed E-state index contributed by atoms with van der Waals surface area (Å²) >= 11 is 0. The Labute approximate surface area is 284 Å². The molecule has 48 heavy (non-hydrogen) atoms. The Morgan fingerprint density at radius 3 is 2.04 bits per heavy atom. The number of ether oxygens (including phenoxy) is 2. The van der Waals surface area contributed by atoms with Crippen molar-refractivity contribution >= 4 is 11.6 Å². The molecular weight excluding hydrogens is 601 g/mol. The molecule has 6 heteroatoms. The Morgan fingerprint density at radius 1 is 0.833 bits per heavy atom.